The Hall–Kier alpha value is -1.62. The van der Waals surface area contributed by atoms with Gasteiger partial charge in [0.05, 0.1) is 6.54 Å². The number of hydrogen-bond acceptors (Lipinski definition) is 3. The zero-order valence-electron chi connectivity index (χ0n) is 9.32. The van der Waals surface area contributed by atoms with E-state index in [9.17, 15) is 0 Å². The number of aromatic nitrogens is 3. The predicted octanol–water partition coefficient (Wildman–Crippen LogP) is 2.30. The first-order valence-corrected chi connectivity index (χ1v) is 5.51. The fraction of sp³-hybridized carbons (Fsp3) is 0.273. The Morgan fingerprint density at radius 3 is 2.56 bits per heavy atom. The van der Waals surface area contributed by atoms with Crippen molar-refractivity contribution in [2.24, 2.45) is 0 Å². The van der Waals surface area contributed by atoms with E-state index in [0.29, 0.717) is 4.77 Å². The Morgan fingerprint density at radius 1 is 1.31 bits per heavy atom. The first kappa shape index (κ1) is 10.9. The van der Waals surface area contributed by atoms with Crippen LogP contribution in [0.1, 0.15) is 17.0 Å². The van der Waals surface area contributed by atoms with Crippen LogP contribution in [0.3, 0.4) is 0 Å². The summed E-state index contributed by atoms with van der Waals surface area (Å²) in [5.41, 5.74) is 5.70. The Balaban J connectivity index is 2.08. The minimum absolute atomic E-state index is 0.588. The normalized spacial score (nSPS) is 10.4. The molecule has 0 radical (unpaired) electrons. The second-order valence-electron chi connectivity index (χ2n) is 3.73. The fourth-order valence-electron chi connectivity index (χ4n) is 1.44. The van der Waals surface area contributed by atoms with Crippen molar-refractivity contribution in [3.05, 3.63) is 46.0 Å². The Kier molecular flexibility index (Phi) is 3.05. The molecule has 0 spiro atoms. The van der Waals surface area contributed by atoms with E-state index in [0.717, 1.165) is 12.4 Å². The Morgan fingerprint density at radius 2 is 2.00 bits per heavy atom. The molecule has 0 bridgehead atoms. The number of nitrogens with one attached hydrogen (secondary N) is 2. The second-order valence-corrected chi connectivity index (χ2v) is 4.12. The highest BCUT2D eigenvalue weighted by atomic mass is 32.1. The van der Waals surface area contributed by atoms with Gasteiger partial charge in [0.15, 0.2) is 0 Å². The van der Waals surface area contributed by atoms with E-state index in [1.54, 1.807) is 4.68 Å². The van der Waals surface area contributed by atoms with E-state index in [1.165, 1.54) is 11.1 Å². The summed E-state index contributed by atoms with van der Waals surface area (Å²) in [6.07, 6.45) is 0. The van der Waals surface area contributed by atoms with Gasteiger partial charge in [0.25, 0.3) is 0 Å². The highest BCUT2D eigenvalue weighted by Gasteiger charge is 1.99. The highest BCUT2D eigenvalue weighted by molar-refractivity contribution is 7.71. The van der Waals surface area contributed by atoms with Crippen molar-refractivity contribution in [3.8, 4) is 0 Å². The van der Waals surface area contributed by atoms with Gasteiger partial charge in [0.2, 0.25) is 4.77 Å². The molecule has 16 heavy (non-hydrogen) atoms. The van der Waals surface area contributed by atoms with Gasteiger partial charge in [-0.3, -0.25) is 5.10 Å². The fourth-order valence-corrected chi connectivity index (χ4v) is 1.68. The van der Waals surface area contributed by atoms with E-state index in [-0.39, 0.29) is 0 Å². The van der Waals surface area contributed by atoms with Crippen molar-refractivity contribution in [3.63, 3.8) is 0 Å². The molecule has 2 aromatic rings. The molecule has 5 heteroatoms. The van der Waals surface area contributed by atoms with E-state index in [2.05, 4.69) is 46.8 Å². The lowest BCUT2D eigenvalue weighted by molar-refractivity contribution is 0.794. The van der Waals surface area contributed by atoms with Crippen LogP contribution in [0.25, 0.3) is 0 Å². The van der Waals surface area contributed by atoms with Gasteiger partial charge in [-0.15, -0.1) is 0 Å². The zero-order valence-corrected chi connectivity index (χ0v) is 10.1. The number of rotatable bonds is 3. The average Bonchev–Trinajstić information content (AvgIpc) is 2.59. The summed E-state index contributed by atoms with van der Waals surface area (Å²) in [4.78, 5) is 0. The van der Waals surface area contributed by atoms with E-state index >= 15 is 0 Å². The maximum atomic E-state index is 5.09. The van der Waals surface area contributed by atoms with E-state index in [4.69, 9.17) is 12.2 Å². The Labute approximate surface area is 99.3 Å². The van der Waals surface area contributed by atoms with Gasteiger partial charge in [-0.1, -0.05) is 29.8 Å². The number of hydrogen-bond donors (Lipinski definition) is 2. The maximum Gasteiger partial charge on any atom is 0.214 e. The van der Waals surface area contributed by atoms with Crippen LogP contribution in [0.2, 0.25) is 0 Å². The van der Waals surface area contributed by atoms with Crippen molar-refractivity contribution in [1.29, 1.82) is 0 Å². The zero-order chi connectivity index (χ0) is 11.5. The number of aromatic amines is 1. The summed E-state index contributed by atoms with van der Waals surface area (Å²) >= 11 is 5.09. The number of aryl methyl sites for hydroxylation is 2. The maximum absolute atomic E-state index is 5.09. The third-order valence-corrected chi connectivity index (χ3v) is 2.68. The lowest BCUT2D eigenvalue weighted by Crippen LogP contribution is -2.15. The Bertz CT molecular complexity index is 524. The third kappa shape index (κ3) is 2.30. The summed E-state index contributed by atoms with van der Waals surface area (Å²) in [7, 11) is 0. The molecule has 0 unspecified atom stereocenters. The molecule has 2 N–H and O–H groups in total. The van der Waals surface area contributed by atoms with Crippen LogP contribution in [-0.2, 0) is 6.54 Å². The van der Waals surface area contributed by atoms with Crippen LogP contribution in [0.15, 0.2) is 24.3 Å². The molecule has 0 aliphatic rings. The third-order valence-electron chi connectivity index (χ3n) is 2.40. The molecule has 1 heterocycles. The van der Waals surface area contributed by atoms with Crippen LogP contribution >= 0.6 is 12.2 Å². The molecule has 1 aromatic heterocycles. The summed E-state index contributed by atoms with van der Waals surface area (Å²) in [5, 5.41) is 6.76. The van der Waals surface area contributed by atoms with Crippen molar-refractivity contribution in [2.45, 2.75) is 20.4 Å². The molecule has 0 aliphatic carbocycles. The van der Waals surface area contributed by atoms with E-state index in [1.807, 2.05) is 6.92 Å². The second kappa shape index (κ2) is 4.49. The number of benzene rings is 1. The summed E-state index contributed by atoms with van der Waals surface area (Å²) < 4.78 is 2.36. The quantitative estimate of drug-likeness (QED) is 0.801. The van der Waals surface area contributed by atoms with E-state index < -0.39 is 0 Å². The summed E-state index contributed by atoms with van der Waals surface area (Å²) in [6.45, 7) is 4.71. The molecule has 0 fully saturated rings. The number of nitrogens with zero attached hydrogens (tertiary/aromatic N) is 2. The molecular formula is C11H14N4S. The smallest absolute Gasteiger partial charge is 0.214 e. The lowest BCUT2D eigenvalue weighted by Gasteiger charge is -2.08. The minimum atomic E-state index is 0.588. The molecule has 0 amide bonds. The molecular weight excluding hydrogens is 220 g/mol. The monoisotopic (exact) mass is 234 g/mol. The first-order chi connectivity index (χ1) is 7.66. The highest BCUT2D eigenvalue weighted by Crippen LogP contribution is 2.03. The van der Waals surface area contributed by atoms with Crippen LogP contribution < -0.4 is 5.43 Å². The standard InChI is InChI=1S/C11H14N4S/c1-8-3-5-10(6-4-8)7-12-15-9(2)13-14-11(15)16/h3-6,12H,7H2,1-2H3,(H,14,16). The molecule has 0 aliphatic heterocycles. The van der Waals surface area contributed by atoms with Crippen LogP contribution in [0, 0.1) is 18.6 Å². The van der Waals surface area contributed by atoms with Gasteiger partial charge in [0.1, 0.15) is 5.82 Å². The van der Waals surface area contributed by atoms with Crippen molar-refractivity contribution in [2.75, 3.05) is 5.43 Å². The lowest BCUT2D eigenvalue weighted by atomic mass is 10.1. The van der Waals surface area contributed by atoms with Crippen molar-refractivity contribution in [1.82, 2.24) is 14.9 Å². The predicted molar refractivity (Wildman–Crippen MR) is 66.4 cm³/mol. The number of H-pyrrole nitrogens is 1. The largest absolute Gasteiger partial charge is 0.318 e. The molecule has 2 rings (SSSR count). The van der Waals surface area contributed by atoms with Crippen LogP contribution in [0.5, 0.6) is 0 Å². The molecule has 4 nitrogen and oxygen atoms in total. The topological polar surface area (TPSA) is 45.6 Å². The summed E-state index contributed by atoms with van der Waals surface area (Å²) in [5.74, 6) is 0.831. The molecule has 0 saturated carbocycles. The molecule has 84 valence electrons. The summed E-state index contributed by atoms with van der Waals surface area (Å²) in [6, 6.07) is 8.39. The minimum Gasteiger partial charge on any atom is -0.318 e. The van der Waals surface area contributed by atoms with Crippen molar-refractivity contribution >= 4 is 12.2 Å². The molecule has 0 atom stereocenters. The molecule has 1 aromatic carbocycles. The molecule has 0 saturated heterocycles. The van der Waals surface area contributed by atoms with Gasteiger partial charge in [-0.2, -0.15) is 5.10 Å². The van der Waals surface area contributed by atoms with Gasteiger partial charge >= 0.3 is 0 Å². The average molecular weight is 234 g/mol. The van der Waals surface area contributed by atoms with Crippen molar-refractivity contribution < 1.29 is 0 Å². The van der Waals surface area contributed by atoms with Crippen LogP contribution in [0.4, 0.5) is 0 Å². The first-order valence-electron chi connectivity index (χ1n) is 5.10. The van der Waals surface area contributed by atoms with Gasteiger partial charge in [-0.05, 0) is 31.6 Å². The van der Waals surface area contributed by atoms with Gasteiger partial charge < -0.3 is 5.43 Å². The van der Waals surface area contributed by atoms with Gasteiger partial charge in [-0.25, -0.2) is 4.68 Å². The van der Waals surface area contributed by atoms with Crippen LogP contribution in [-0.4, -0.2) is 14.9 Å². The SMILES string of the molecule is Cc1ccc(CNn2c(C)n[nH]c2=S)cc1. The van der Waals surface area contributed by atoms with Gasteiger partial charge in [0, 0.05) is 0 Å².